The van der Waals surface area contributed by atoms with Gasteiger partial charge in [-0.1, -0.05) is 6.07 Å². The Labute approximate surface area is 155 Å². The van der Waals surface area contributed by atoms with E-state index >= 15 is 0 Å². The first-order valence-electron chi connectivity index (χ1n) is 9.50. The van der Waals surface area contributed by atoms with Crippen LogP contribution >= 0.6 is 0 Å². The Hall–Kier alpha value is -1.47. The predicted octanol–water partition coefficient (Wildman–Crippen LogP) is 3.02. The number of amides is 1. The molecule has 5 nitrogen and oxygen atoms in total. The minimum Gasteiger partial charge on any atom is -0.343 e. The molecular formula is C19H27FN2O3S. The van der Waals surface area contributed by atoms with Gasteiger partial charge in [0.15, 0.2) is 0 Å². The van der Waals surface area contributed by atoms with Crippen molar-refractivity contribution in [2.45, 2.75) is 49.8 Å². The zero-order chi connectivity index (χ0) is 18.6. The van der Waals surface area contributed by atoms with Gasteiger partial charge in [0.1, 0.15) is 5.82 Å². The van der Waals surface area contributed by atoms with Crippen molar-refractivity contribution in [1.29, 1.82) is 0 Å². The first-order valence-corrected chi connectivity index (χ1v) is 10.9. The Balaban J connectivity index is 1.48. The van der Waals surface area contributed by atoms with E-state index < -0.39 is 15.8 Å². The normalized spacial score (nSPS) is 20.3. The minimum absolute atomic E-state index is 0.0104. The van der Waals surface area contributed by atoms with E-state index in [9.17, 15) is 17.6 Å². The highest BCUT2D eigenvalue weighted by atomic mass is 32.2. The van der Waals surface area contributed by atoms with Gasteiger partial charge >= 0.3 is 0 Å². The molecule has 0 saturated carbocycles. The predicted molar refractivity (Wildman–Crippen MR) is 97.5 cm³/mol. The standard InChI is InChI=1S/C19H27FN2O3S/c20-17-5-4-6-18(15-17)26(24,25)22-13-9-16(10-14-22)7-8-19(23)21-11-2-1-3-12-21/h4-6,15-16H,1-3,7-14H2. The van der Waals surface area contributed by atoms with E-state index in [2.05, 4.69) is 0 Å². The zero-order valence-corrected chi connectivity index (χ0v) is 15.9. The molecule has 0 spiro atoms. The first kappa shape index (κ1) is 19.3. The van der Waals surface area contributed by atoms with Crippen LogP contribution in [0.15, 0.2) is 29.2 Å². The number of likely N-dealkylation sites (tertiary alicyclic amines) is 1. The minimum atomic E-state index is -3.64. The Bertz CT molecular complexity index is 724. The number of carbonyl (C=O) groups excluding carboxylic acids is 1. The van der Waals surface area contributed by atoms with E-state index in [1.807, 2.05) is 4.90 Å². The number of hydrogen-bond donors (Lipinski definition) is 0. The van der Waals surface area contributed by atoms with E-state index in [0.29, 0.717) is 25.4 Å². The number of piperidine rings is 2. The summed E-state index contributed by atoms with van der Waals surface area (Å²) in [6.45, 7) is 2.62. The Morgan fingerprint density at radius 2 is 1.77 bits per heavy atom. The van der Waals surface area contributed by atoms with Crippen LogP contribution < -0.4 is 0 Å². The largest absolute Gasteiger partial charge is 0.343 e. The summed E-state index contributed by atoms with van der Waals surface area (Å²) >= 11 is 0. The molecule has 2 aliphatic heterocycles. The van der Waals surface area contributed by atoms with Gasteiger partial charge in [0.2, 0.25) is 15.9 Å². The summed E-state index contributed by atoms with van der Waals surface area (Å²) in [4.78, 5) is 14.2. The van der Waals surface area contributed by atoms with Crippen LogP contribution in [0.5, 0.6) is 0 Å². The summed E-state index contributed by atoms with van der Waals surface area (Å²) in [7, 11) is -3.64. The molecule has 3 rings (SSSR count). The smallest absolute Gasteiger partial charge is 0.243 e. The average Bonchev–Trinajstić information content (AvgIpc) is 2.67. The van der Waals surface area contributed by atoms with Gasteiger partial charge in [0.05, 0.1) is 4.90 Å². The van der Waals surface area contributed by atoms with Gasteiger partial charge < -0.3 is 4.90 Å². The van der Waals surface area contributed by atoms with E-state index in [-0.39, 0.29) is 10.8 Å². The summed E-state index contributed by atoms with van der Waals surface area (Å²) in [5, 5.41) is 0. The maximum atomic E-state index is 13.3. The SMILES string of the molecule is O=C(CCC1CCN(S(=O)(=O)c2cccc(F)c2)CC1)N1CCCCC1. The fraction of sp³-hybridized carbons (Fsp3) is 0.632. The molecule has 2 aliphatic rings. The van der Waals surface area contributed by atoms with Gasteiger partial charge in [-0.2, -0.15) is 4.31 Å². The molecule has 0 atom stereocenters. The van der Waals surface area contributed by atoms with Crippen molar-refractivity contribution < 1.29 is 17.6 Å². The van der Waals surface area contributed by atoms with Gasteiger partial charge in [-0.05, 0) is 62.6 Å². The van der Waals surface area contributed by atoms with Crippen LogP contribution in [-0.4, -0.2) is 49.7 Å². The van der Waals surface area contributed by atoms with Crippen LogP contribution in [0.4, 0.5) is 4.39 Å². The number of hydrogen-bond acceptors (Lipinski definition) is 3. The van der Waals surface area contributed by atoms with Crippen molar-refractivity contribution in [2.75, 3.05) is 26.2 Å². The Morgan fingerprint density at radius 1 is 1.08 bits per heavy atom. The second kappa shape index (κ2) is 8.48. The van der Waals surface area contributed by atoms with Crippen molar-refractivity contribution in [3.63, 3.8) is 0 Å². The third-order valence-electron chi connectivity index (χ3n) is 5.48. The maximum absolute atomic E-state index is 13.3. The Morgan fingerprint density at radius 3 is 2.42 bits per heavy atom. The molecule has 2 fully saturated rings. The van der Waals surface area contributed by atoms with Crippen molar-refractivity contribution in [2.24, 2.45) is 5.92 Å². The van der Waals surface area contributed by atoms with Crippen molar-refractivity contribution in [3.05, 3.63) is 30.1 Å². The Kier molecular flexibility index (Phi) is 6.29. The molecule has 1 amide bonds. The van der Waals surface area contributed by atoms with Gasteiger partial charge in [0.25, 0.3) is 0 Å². The number of rotatable bonds is 5. The van der Waals surface area contributed by atoms with Crippen LogP contribution in [0.1, 0.15) is 44.9 Å². The summed E-state index contributed by atoms with van der Waals surface area (Å²) in [5.74, 6) is 0.0689. The fourth-order valence-electron chi connectivity index (χ4n) is 3.84. The lowest BCUT2D eigenvalue weighted by Crippen LogP contribution is -2.39. The van der Waals surface area contributed by atoms with Crippen LogP contribution in [0.2, 0.25) is 0 Å². The molecule has 2 saturated heterocycles. The third kappa shape index (κ3) is 4.62. The van der Waals surface area contributed by atoms with Crippen LogP contribution in [-0.2, 0) is 14.8 Å². The number of carbonyl (C=O) groups is 1. The molecule has 1 aromatic rings. The van der Waals surface area contributed by atoms with Crippen LogP contribution in [0.3, 0.4) is 0 Å². The van der Waals surface area contributed by atoms with Gasteiger partial charge in [-0.15, -0.1) is 0 Å². The molecule has 2 heterocycles. The highest BCUT2D eigenvalue weighted by Gasteiger charge is 2.30. The van der Waals surface area contributed by atoms with E-state index in [4.69, 9.17) is 0 Å². The van der Waals surface area contributed by atoms with E-state index in [1.54, 1.807) is 0 Å². The highest BCUT2D eigenvalue weighted by Crippen LogP contribution is 2.27. The molecule has 26 heavy (non-hydrogen) atoms. The first-order chi connectivity index (χ1) is 12.5. The average molecular weight is 383 g/mol. The molecule has 0 N–H and O–H groups in total. The summed E-state index contributed by atoms with van der Waals surface area (Å²) in [5.41, 5.74) is 0. The molecule has 0 bridgehead atoms. The van der Waals surface area contributed by atoms with Crippen LogP contribution in [0.25, 0.3) is 0 Å². The number of halogens is 1. The second-order valence-electron chi connectivity index (χ2n) is 7.28. The molecule has 1 aromatic carbocycles. The zero-order valence-electron chi connectivity index (χ0n) is 15.1. The lowest BCUT2D eigenvalue weighted by Gasteiger charge is -2.32. The van der Waals surface area contributed by atoms with Crippen molar-refractivity contribution >= 4 is 15.9 Å². The number of sulfonamides is 1. The van der Waals surface area contributed by atoms with E-state index in [1.165, 1.54) is 28.9 Å². The highest BCUT2D eigenvalue weighted by molar-refractivity contribution is 7.89. The van der Waals surface area contributed by atoms with Crippen molar-refractivity contribution in [3.8, 4) is 0 Å². The molecule has 0 aliphatic carbocycles. The quantitative estimate of drug-likeness (QED) is 0.787. The molecule has 0 aromatic heterocycles. The second-order valence-corrected chi connectivity index (χ2v) is 9.22. The van der Waals surface area contributed by atoms with Crippen molar-refractivity contribution in [1.82, 2.24) is 9.21 Å². The molecular weight excluding hydrogens is 355 g/mol. The summed E-state index contributed by atoms with van der Waals surface area (Å²) < 4.78 is 40.0. The maximum Gasteiger partial charge on any atom is 0.243 e. The van der Waals surface area contributed by atoms with Gasteiger partial charge in [0, 0.05) is 32.6 Å². The lowest BCUT2D eigenvalue weighted by molar-refractivity contribution is -0.132. The molecule has 0 radical (unpaired) electrons. The molecule has 7 heteroatoms. The lowest BCUT2D eigenvalue weighted by atomic mass is 9.93. The molecule has 0 unspecified atom stereocenters. The van der Waals surface area contributed by atoms with E-state index in [0.717, 1.165) is 51.3 Å². The van der Waals surface area contributed by atoms with Crippen LogP contribution in [0, 0.1) is 11.7 Å². The van der Waals surface area contributed by atoms with Gasteiger partial charge in [-0.3, -0.25) is 4.79 Å². The number of nitrogens with zero attached hydrogens (tertiary/aromatic N) is 2. The number of benzene rings is 1. The fourth-order valence-corrected chi connectivity index (χ4v) is 5.35. The molecule has 144 valence electrons. The monoisotopic (exact) mass is 382 g/mol. The van der Waals surface area contributed by atoms with Gasteiger partial charge in [-0.25, -0.2) is 12.8 Å². The third-order valence-corrected chi connectivity index (χ3v) is 7.38. The summed E-state index contributed by atoms with van der Waals surface area (Å²) in [6, 6.07) is 5.16. The topological polar surface area (TPSA) is 57.7 Å². The summed E-state index contributed by atoms with van der Waals surface area (Å²) in [6.07, 6.45) is 6.29.